The van der Waals surface area contributed by atoms with E-state index in [1.807, 2.05) is 0 Å². The Hall–Kier alpha value is -1.90. The molecule has 1 aromatic rings. The first kappa shape index (κ1) is 15.2. The van der Waals surface area contributed by atoms with Crippen LogP contribution >= 0.6 is 0 Å². The zero-order chi connectivity index (χ0) is 14.1. The fourth-order valence-corrected chi connectivity index (χ4v) is 1.36. The van der Waals surface area contributed by atoms with Crippen molar-refractivity contribution in [3.8, 4) is 11.8 Å². The van der Waals surface area contributed by atoms with Crippen LogP contribution in [-0.4, -0.2) is 37.9 Å². The maximum atomic E-state index is 13.7. The number of methoxy groups -OCH3 is 1. The van der Waals surface area contributed by atoms with Crippen molar-refractivity contribution in [1.82, 2.24) is 5.32 Å². The molecule has 0 aliphatic carbocycles. The number of benzene rings is 1. The second kappa shape index (κ2) is 8.25. The van der Waals surface area contributed by atoms with Crippen LogP contribution < -0.4 is 5.32 Å². The highest BCUT2D eigenvalue weighted by molar-refractivity contribution is 5.94. The number of amides is 1. The summed E-state index contributed by atoms with van der Waals surface area (Å²) in [6.45, 7) is 0.667. The number of halogens is 1. The number of aliphatic hydroxyl groups excluding tert-OH is 1. The fourth-order valence-electron chi connectivity index (χ4n) is 1.36. The maximum Gasteiger partial charge on any atom is 0.254 e. The van der Waals surface area contributed by atoms with Gasteiger partial charge in [0.05, 0.1) is 18.8 Å². The third-order valence-electron chi connectivity index (χ3n) is 2.27. The summed E-state index contributed by atoms with van der Waals surface area (Å²) in [4.78, 5) is 11.6. The predicted molar refractivity (Wildman–Crippen MR) is 69.2 cm³/mol. The van der Waals surface area contributed by atoms with E-state index in [1.54, 1.807) is 6.07 Å². The van der Waals surface area contributed by atoms with Gasteiger partial charge in [-0.2, -0.15) is 0 Å². The van der Waals surface area contributed by atoms with Crippen LogP contribution in [0.2, 0.25) is 0 Å². The lowest BCUT2D eigenvalue weighted by atomic mass is 10.1. The van der Waals surface area contributed by atoms with Gasteiger partial charge in [0.1, 0.15) is 5.82 Å². The molecular weight excluding hydrogens is 249 g/mol. The van der Waals surface area contributed by atoms with Crippen molar-refractivity contribution in [3.63, 3.8) is 0 Å². The summed E-state index contributed by atoms with van der Waals surface area (Å²) in [5, 5.41) is 11.1. The van der Waals surface area contributed by atoms with Crippen LogP contribution in [0.15, 0.2) is 18.2 Å². The quantitative estimate of drug-likeness (QED) is 0.615. The van der Waals surface area contributed by atoms with Gasteiger partial charge in [0.25, 0.3) is 5.91 Å². The number of hydrogen-bond donors (Lipinski definition) is 2. The van der Waals surface area contributed by atoms with Crippen LogP contribution in [0.1, 0.15) is 22.3 Å². The van der Waals surface area contributed by atoms with Gasteiger partial charge >= 0.3 is 0 Å². The number of aliphatic hydroxyl groups is 1. The molecule has 19 heavy (non-hydrogen) atoms. The van der Waals surface area contributed by atoms with Gasteiger partial charge in [-0.1, -0.05) is 11.8 Å². The molecule has 0 saturated carbocycles. The number of carbonyl (C=O) groups is 1. The van der Waals surface area contributed by atoms with Crippen LogP contribution in [0.25, 0.3) is 0 Å². The summed E-state index contributed by atoms with van der Waals surface area (Å²) < 4.78 is 18.5. The Kier molecular flexibility index (Phi) is 6.58. The molecule has 0 aliphatic rings. The Labute approximate surface area is 111 Å². The zero-order valence-electron chi connectivity index (χ0n) is 10.7. The van der Waals surface area contributed by atoms with E-state index in [2.05, 4.69) is 17.2 Å². The maximum absolute atomic E-state index is 13.7. The van der Waals surface area contributed by atoms with Crippen molar-refractivity contribution in [1.29, 1.82) is 0 Å². The molecule has 0 fully saturated rings. The largest absolute Gasteiger partial charge is 0.395 e. The van der Waals surface area contributed by atoms with Crippen LogP contribution in [0.4, 0.5) is 4.39 Å². The number of carbonyl (C=O) groups excluding carboxylic acids is 1. The molecule has 102 valence electrons. The first-order chi connectivity index (χ1) is 9.19. The molecule has 0 aliphatic heterocycles. The van der Waals surface area contributed by atoms with Crippen molar-refractivity contribution in [2.45, 2.75) is 6.42 Å². The van der Waals surface area contributed by atoms with E-state index in [4.69, 9.17) is 9.84 Å². The predicted octanol–water partition coefficient (Wildman–Crippen LogP) is 0.936. The topological polar surface area (TPSA) is 58.6 Å². The third kappa shape index (κ3) is 5.08. The number of rotatable bonds is 5. The highest BCUT2D eigenvalue weighted by atomic mass is 19.1. The third-order valence-corrected chi connectivity index (χ3v) is 2.27. The standard InChI is InChI=1S/C14H16FNO3/c1-19-9-7-16-14(18)12-6-5-11(10-13(12)15)4-2-3-8-17/h5-6,10,17H,3,7-9H2,1H3,(H,16,18). The average molecular weight is 265 g/mol. The van der Waals surface area contributed by atoms with Crippen LogP contribution in [0, 0.1) is 17.7 Å². The molecule has 0 bridgehead atoms. The minimum Gasteiger partial charge on any atom is -0.395 e. The van der Waals surface area contributed by atoms with Crippen molar-refractivity contribution in [2.24, 2.45) is 0 Å². The fraction of sp³-hybridized carbons (Fsp3) is 0.357. The van der Waals surface area contributed by atoms with E-state index < -0.39 is 11.7 Å². The minimum absolute atomic E-state index is 0.0242. The smallest absolute Gasteiger partial charge is 0.254 e. The summed E-state index contributed by atoms with van der Waals surface area (Å²) in [6.07, 6.45) is 0.334. The van der Waals surface area contributed by atoms with Crippen LogP contribution in [0.5, 0.6) is 0 Å². The summed E-state index contributed by atoms with van der Waals surface area (Å²) in [6, 6.07) is 4.16. The first-order valence-corrected chi connectivity index (χ1v) is 5.85. The van der Waals surface area contributed by atoms with Crippen molar-refractivity contribution >= 4 is 5.91 Å². The van der Waals surface area contributed by atoms with Crippen LogP contribution in [-0.2, 0) is 4.74 Å². The van der Waals surface area contributed by atoms with E-state index in [9.17, 15) is 9.18 Å². The summed E-state index contributed by atoms with van der Waals surface area (Å²) >= 11 is 0. The molecule has 0 aromatic heterocycles. The molecule has 2 N–H and O–H groups in total. The molecular formula is C14H16FNO3. The van der Waals surface area contributed by atoms with Crippen LogP contribution in [0.3, 0.4) is 0 Å². The summed E-state index contributed by atoms with van der Waals surface area (Å²) in [5.41, 5.74) is 0.447. The lowest BCUT2D eigenvalue weighted by Gasteiger charge is -2.05. The van der Waals surface area contributed by atoms with Gasteiger partial charge < -0.3 is 15.2 Å². The molecule has 0 spiro atoms. The lowest BCUT2D eigenvalue weighted by Crippen LogP contribution is -2.27. The van der Waals surface area contributed by atoms with E-state index >= 15 is 0 Å². The highest BCUT2D eigenvalue weighted by Crippen LogP contribution is 2.09. The number of ether oxygens (including phenoxy) is 1. The molecule has 0 heterocycles. The minimum atomic E-state index is -0.620. The van der Waals surface area contributed by atoms with Gasteiger partial charge in [0, 0.05) is 25.6 Å². The van der Waals surface area contributed by atoms with E-state index in [0.717, 1.165) is 0 Å². The zero-order valence-corrected chi connectivity index (χ0v) is 10.7. The summed E-state index contributed by atoms with van der Waals surface area (Å²) in [7, 11) is 1.52. The first-order valence-electron chi connectivity index (χ1n) is 5.85. The van der Waals surface area contributed by atoms with Gasteiger partial charge in [0.15, 0.2) is 0 Å². The SMILES string of the molecule is COCCNC(=O)c1ccc(C#CCCO)cc1F. The Morgan fingerprint density at radius 2 is 2.32 bits per heavy atom. The van der Waals surface area contributed by atoms with Gasteiger partial charge in [-0.15, -0.1) is 0 Å². The van der Waals surface area contributed by atoms with Crippen molar-refractivity contribution in [2.75, 3.05) is 26.9 Å². The second-order valence-electron chi connectivity index (χ2n) is 3.72. The second-order valence-corrected chi connectivity index (χ2v) is 3.72. The van der Waals surface area contributed by atoms with Crippen molar-refractivity contribution in [3.05, 3.63) is 35.1 Å². The number of hydrogen-bond acceptors (Lipinski definition) is 3. The molecule has 1 rings (SSSR count). The lowest BCUT2D eigenvalue weighted by molar-refractivity contribution is 0.0933. The van der Waals surface area contributed by atoms with Gasteiger partial charge in [-0.25, -0.2) is 4.39 Å². The Balaban J connectivity index is 2.72. The molecule has 0 saturated heterocycles. The monoisotopic (exact) mass is 265 g/mol. The molecule has 5 heteroatoms. The van der Waals surface area contributed by atoms with E-state index in [0.29, 0.717) is 25.1 Å². The van der Waals surface area contributed by atoms with E-state index in [-0.39, 0.29) is 12.2 Å². The number of nitrogens with one attached hydrogen (secondary N) is 1. The Morgan fingerprint density at radius 3 is 2.95 bits per heavy atom. The van der Waals surface area contributed by atoms with Crippen molar-refractivity contribution < 1.29 is 19.0 Å². The van der Waals surface area contributed by atoms with Gasteiger partial charge in [0.2, 0.25) is 0 Å². The van der Waals surface area contributed by atoms with E-state index in [1.165, 1.54) is 19.2 Å². The molecule has 4 nitrogen and oxygen atoms in total. The molecule has 0 radical (unpaired) electrons. The average Bonchev–Trinajstić information content (AvgIpc) is 2.39. The van der Waals surface area contributed by atoms with Gasteiger partial charge in [-0.05, 0) is 18.2 Å². The van der Waals surface area contributed by atoms with Gasteiger partial charge in [-0.3, -0.25) is 4.79 Å². The normalized spacial score (nSPS) is 9.63. The molecule has 0 atom stereocenters. The molecule has 0 unspecified atom stereocenters. The Morgan fingerprint density at radius 1 is 1.53 bits per heavy atom. The molecule has 1 amide bonds. The molecule has 1 aromatic carbocycles. The highest BCUT2D eigenvalue weighted by Gasteiger charge is 2.11. The Bertz CT molecular complexity index is 491. The summed E-state index contributed by atoms with van der Waals surface area (Å²) in [5.74, 6) is 4.29.